The van der Waals surface area contributed by atoms with Crippen LogP contribution in [0.15, 0.2) is 0 Å². The second-order valence-corrected chi connectivity index (χ2v) is 1.79. The van der Waals surface area contributed by atoms with Crippen molar-refractivity contribution in [1.82, 2.24) is 0 Å². The van der Waals surface area contributed by atoms with Crippen LogP contribution in [0.4, 0.5) is 0 Å². The van der Waals surface area contributed by atoms with Crippen molar-refractivity contribution < 1.29 is 48.0 Å². The molecule has 0 rings (SSSR count). The van der Waals surface area contributed by atoms with E-state index in [4.69, 9.17) is 6.42 Å². The summed E-state index contributed by atoms with van der Waals surface area (Å²) in [5, 5.41) is 1.02. The Kier molecular flexibility index (Phi) is 56.1. The van der Waals surface area contributed by atoms with Gasteiger partial charge in [0.05, 0.1) is 0 Å². The van der Waals surface area contributed by atoms with E-state index >= 15 is 0 Å². The minimum atomic E-state index is 0. The molecule has 50 valence electrons. The second kappa shape index (κ2) is 22.4. The second-order valence-electron chi connectivity index (χ2n) is 0.997. The van der Waals surface area contributed by atoms with Gasteiger partial charge in [-0.3, -0.25) is 0 Å². The molecule has 0 atom stereocenters. The molecule has 0 fully saturated rings. The summed E-state index contributed by atoms with van der Waals surface area (Å²) >= 11 is 3.25. The standard InChI is InChI=1S/C5H7Br.2HI.Mg/c1-2-3-4-5-6;;;/h1H,3-5H2;2*1H;/q;;;+2/p-2. The number of hydrogen-bond donors (Lipinski definition) is 0. The largest absolute Gasteiger partial charge is 2.00 e. The summed E-state index contributed by atoms with van der Waals surface area (Å²) in [6, 6.07) is 0. The Hall–Kier alpha value is 2.27. The van der Waals surface area contributed by atoms with Crippen LogP contribution in [0.1, 0.15) is 12.8 Å². The molecule has 0 aromatic carbocycles. The smallest absolute Gasteiger partial charge is 1.00 e. The minimum Gasteiger partial charge on any atom is -1.00 e. The van der Waals surface area contributed by atoms with Crippen LogP contribution in [0.2, 0.25) is 0 Å². The van der Waals surface area contributed by atoms with E-state index in [-0.39, 0.29) is 71.0 Å². The molecule has 0 spiro atoms. The van der Waals surface area contributed by atoms with Gasteiger partial charge in [-0.25, -0.2) is 0 Å². The Balaban J connectivity index is -0.0000000417. The third-order valence-corrected chi connectivity index (χ3v) is 1.02. The molecule has 0 amide bonds. The minimum absolute atomic E-state index is 0. The van der Waals surface area contributed by atoms with E-state index in [1.165, 1.54) is 0 Å². The quantitative estimate of drug-likeness (QED) is 0.138. The molecule has 9 heavy (non-hydrogen) atoms. The summed E-state index contributed by atoms with van der Waals surface area (Å²) in [5.41, 5.74) is 0. The predicted molar refractivity (Wildman–Crippen MR) is 37.6 cm³/mol. The van der Waals surface area contributed by atoms with Gasteiger partial charge < -0.3 is 48.0 Å². The molecule has 0 radical (unpaired) electrons. The van der Waals surface area contributed by atoms with Gasteiger partial charge in [0.15, 0.2) is 0 Å². The molecular weight excluding hydrogens is 418 g/mol. The van der Waals surface area contributed by atoms with Crippen molar-refractivity contribution in [2.75, 3.05) is 5.33 Å². The topological polar surface area (TPSA) is 0 Å². The Labute approximate surface area is 116 Å². The summed E-state index contributed by atoms with van der Waals surface area (Å²) in [7, 11) is 0. The normalized spacial score (nSPS) is 4.89. The van der Waals surface area contributed by atoms with Gasteiger partial charge >= 0.3 is 23.1 Å². The first kappa shape index (κ1) is 22.5. The molecule has 0 nitrogen and oxygen atoms in total. The molecule has 0 saturated heterocycles. The SMILES string of the molecule is C#CCCCBr.[I-].[I-].[Mg+2]. The fraction of sp³-hybridized carbons (Fsp3) is 0.600. The van der Waals surface area contributed by atoms with Crippen LogP contribution in [0.5, 0.6) is 0 Å². The van der Waals surface area contributed by atoms with Gasteiger partial charge in [-0.05, 0) is 6.42 Å². The van der Waals surface area contributed by atoms with Crippen molar-refractivity contribution in [3.63, 3.8) is 0 Å². The van der Waals surface area contributed by atoms with E-state index in [1.807, 2.05) is 0 Å². The van der Waals surface area contributed by atoms with Gasteiger partial charge in [0.2, 0.25) is 0 Å². The molecule has 0 saturated carbocycles. The molecule has 0 aliphatic carbocycles. The molecule has 4 heteroatoms. The first-order valence-electron chi connectivity index (χ1n) is 1.91. The fourth-order valence-corrected chi connectivity index (χ4v) is 0.449. The van der Waals surface area contributed by atoms with Crippen LogP contribution in [-0.4, -0.2) is 28.4 Å². The summed E-state index contributed by atoms with van der Waals surface area (Å²) in [6.45, 7) is 0. The average molecular weight is 425 g/mol. The summed E-state index contributed by atoms with van der Waals surface area (Å²) < 4.78 is 0. The third kappa shape index (κ3) is 25.3. The molecule has 0 aliphatic rings. The van der Waals surface area contributed by atoms with Crippen molar-refractivity contribution in [2.45, 2.75) is 12.8 Å². The maximum absolute atomic E-state index is 4.94. The van der Waals surface area contributed by atoms with Crippen LogP contribution in [0.25, 0.3) is 0 Å². The van der Waals surface area contributed by atoms with E-state index in [9.17, 15) is 0 Å². The van der Waals surface area contributed by atoms with Crippen molar-refractivity contribution in [3.05, 3.63) is 0 Å². The Bertz CT molecular complexity index is 62.5. The van der Waals surface area contributed by atoms with Crippen LogP contribution in [0, 0.1) is 12.3 Å². The summed E-state index contributed by atoms with van der Waals surface area (Å²) in [6.07, 6.45) is 6.93. The molecule has 0 unspecified atom stereocenters. The zero-order valence-electron chi connectivity index (χ0n) is 5.04. The first-order valence-corrected chi connectivity index (χ1v) is 3.03. The number of unbranched alkanes of at least 4 members (excludes halogenated alkanes) is 1. The van der Waals surface area contributed by atoms with Crippen LogP contribution in [0.3, 0.4) is 0 Å². The summed E-state index contributed by atoms with van der Waals surface area (Å²) in [5.74, 6) is 2.54. The molecule has 0 aromatic rings. The predicted octanol–water partition coefficient (Wildman–Crippen LogP) is -4.58. The molecule has 0 N–H and O–H groups in total. The first-order chi connectivity index (χ1) is 2.91. The number of alkyl halides is 1. The van der Waals surface area contributed by atoms with Gasteiger partial charge in [-0.15, -0.1) is 12.3 Å². The fourth-order valence-electron chi connectivity index (χ4n) is 0.169. The van der Waals surface area contributed by atoms with Gasteiger partial charge in [-0.1, -0.05) is 15.9 Å². The van der Waals surface area contributed by atoms with Crippen molar-refractivity contribution >= 4 is 39.0 Å². The maximum Gasteiger partial charge on any atom is 2.00 e. The molecule has 0 aromatic heterocycles. The number of terminal acetylenes is 1. The summed E-state index contributed by atoms with van der Waals surface area (Å²) in [4.78, 5) is 0. The van der Waals surface area contributed by atoms with Crippen LogP contribution >= 0.6 is 15.9 Å². The van der Waals surface area contributed by atoms with Gasteiger partial charge in [0.1, 0.15) is 0 Å². The van der Waals surface area contributed by atoms with E-state index in [0.29, 0.717) is 0 Å². The Morgan fingerprint density at radius 3 is 1.89 bits per heavy atom. The third-order valence-electron chi connectivity index (χ3n) is 0.455. The van der Waals surface area contributed by atoms with E-state index in [2.05, 4.69) is 21.9 Å². The number of halogens is 3. The maximum atomic E-state index is 4.94. The number of hydrogen-bond acceptors (Lipinski definition) is 0. The van der Waals surface area contributed by atoms with Crippen molar-refractivity contribution in [3.8, 4) is 12.3 Å². The zero-order chi connectivity index (χ0) is 4.83. The van der Waals surface area contributed by atoms with Crippen molar-refractivity contribution in [1.29, 1.82) is 0 Å². The van der Waals surface area contributed by atoms with Gasteiger partial charge in [0.25, 0.3) is 0 Å². The zero-order valence-corrected chi connectivity index (χ0v) is 12.4. The van der Waals surface area contributed by atoms with Crippen LogP contribution in [-0.2, 0) is 0 Å². The monoisotopic (exact) mass is 424 g/mol. The molecule has 0 heterocycles. The molecule has 0 aliphatic heterocycles. The van der Waals surface area contributed by atoms with E-state index in [0.717, 1.165) is 18.2 Å². The van der Waals surface area contributed by atoms with Gasteiger partial charge in [-0.2, -0.15) is 0 Å². The Morgan fingerprint density at radius 1 is 1.33 bits per heavy atom. The van der Waals surface area contributed by atoms with E-state index < -0.39 is 0 Å². The van der Waals surface area contributed by atoms with E-state index in [1.54, 1.807) is 0 Å². The number of rotatable bonds is 2. The Morgan fingerprint density at radius 2 is 1.78 bits per heavy atom. The molecule has 0 bridgehead atoms. The van der Waals surface area contributed by atoms with Crippen molar-refractivity contribution in [2.24, 2.45) is 0 Å². The average Bonchev–Trinajstić information content (AvgIpc) is 1.61. The molecular formula is C5H7BrI2Mg. The van der Waals surface area contributed by atoms with Gasteiger partial charge in [0, 0.05) is 11.8 Å². The van der Waals surface area contributed by atoms with Crippen LogP contribution < -0.4 is 48.0 Å².